The van der Waals surface area contributed by atoms with E-state index in [1.165, 1.54) is 11.3 Å². The number of aromatic nitrogens is 1. The number of nitrogen functional groups attached to an aromatic ring is 1. The number of nitrogens with two attached hydrogens (primary N) is 1. The fourth-order valence-electron chi connectivity index (χ4n) is 1.95. The molecule has 6 nitrogen and oxygen atoms in total. The summed E-state index contributed by atoms with van der Waals surface area (Å²) in [5.41, 5.74) is 2.29. The number of nitrogens with one attached hydrogen (secondary N) is 1. The lowest BCUT2D eigenvalue weighted by atomic mass is 10.1. The molecular formula is C10H16N4O2S. The third kappa shape index (κ3) is 3.01. The number of aliphatic hydroxyl groups is 1. The molecule has 17 heavy (non-hydrogen) atoms. The highest BCUT2D eigenvalue weighted by molar-refractivity contribution is 7.11. The molecule has 0 bridgehead atoms. The maximum absolute atomic E-state index is 11.2. The Morgan fingerprint density at radius 3 is 3.18 bits per heavy atom. The summed E-state index contributed by atoms with van der Waals surface area (Å²) in [6, 6.07) is 0. The number of thiazole rings is 1. The van der Waals surface area contributed by atoms with E-state index in [0.717, 1.165) is 18.7 Å². The van der Waals surface area contributed by atoms with Gasteiger partial charge in [0.15, 0.2) is 5.01 Å². The Hall–Kier alpha value is -1.02. The molecule has 1 saturated heterocycles. The molecule has 4 N–H and O–H groups in total. The van der Waals surface area contributed by atoms with Crippen LogP contribution < -0.4 is 11.3 Å². The molecule has 1 atom stereocenters. The van der Waals surface area contributed by atoms with E-state index >= 15 is 0 Å². The average Bonchev–Trinajstić information content (AvgIpc) is 2.85. The maximum Gasteiger partial charge on any atom is 0.294 e. The Kier molecular flexibility index (Phi) is 3.43. The molecule has 0 aliphatic carbocycles. The first-order valence-corrected chi connectivity index (χ1v) is 6.28. The molecule has 1 aliphatic rings. The molecule has 0 radical (unpaired) electrons. The van der Waals surface area contributed by atoms with Gasteiger partial charge in [-0.3, -0.25) is 15.1 Å². The molecule has 7 heteroatoms. The molecule has 1 unspecified atom stereocenters. The first kappa shape index (κ1) is 12.4. The Morgan fingerprint density at radius 2 is 2.59 bits per heavy atom. The van der Waals surface area contributed by atoms with Gasteiger partial charge in [-0.1, -0.05) is 0 Å². The first-order chi connectivity index (χ1) is 8.00. The van der Waals surface area contributed by atoms with Crippen LogP contribution in [0.1, 0.15) is 28.8 Å². The Balaban J connectivity index is 1.96. The van der Waals surface area contributed by atoms with E-state index in [1.807, 2.05) is 12.3 Å². The highest BCUT2D eigenvalue weighted by Gasteiger charge is 2.31. The number of hydrazine groups is 1. The number of amides is 1. The van der Waals surface area contributed by atoms with E-state index in [1.54, 1.807) is 0 Å². The highest BCUT2D eigenvalue weighted by atomic mass is 32.1. The van der Waals surface area contributed by atoms with Gasteiger partial charge >= 0.3 is 0 Å². The normalized spacial score (nSPS) is 25.1. The second kappa shape index (κ2) is 4.69. The van der Waals surface area contributed by atoms with E-state index in [0.29, 0.717) is 18.1 Å². The molecule has 1 amide bonds. The van der Waals surface area contributed by atoms with Crippen LogP contribution in [0.2, 0.25) is 0 Å². The van der Waals surface area contributed by atoms with Gasteiger partial charge in [0, 0.05) is 25.0 Å². The average molecular weight is 256 g/mol. The predicted octanol–water partition coefficient (Wildman–Crippen LogP) is -0.297. The first-order valence-electron chi connectivity index (χ1n) is 5.40. The summed E-state index contributed by atoms with van der Waals surface area (Å²) in [6.07, 6.45) is 0.771. The molecule has 2 rings (SSSR count). The lowest BCUT2D eigenvalue weighted by Gasteiger charge is -2.17. The SMILES string of the molecule is CC1(O)CCN(Cc2csc(C(=O)NN)n2)C1. The number of β-amino-alcohol motifs (C(OH)–C–C–N with tert-alkyl or cyclic N) is 1. The molecule has 1 fully saturated rings. The van der Waals surface area contributed by atoms with Crippen molar-refractivity contribution < 1.29 is 9.90 Å². The number of rotatable bonds is 3. The quantitative estimate of drug-likeness (QED) is 0.392. The lowest BCUT2D eigenvalue weighted by molar-refractivity contribution is 0.0677. The number of hydrogen-bond acceptors (Lipinski definition) is 6. The molecule has 0 spiro atoms. The fraction of sp³-hybridized carbons (Fsp3) is 0.600. The van der Waals surface area contributed by atoms with Crippen LogP contribution in [0.5, 0.6) is 0 Å². The monoisotopic (exact) mass is 256 g/mol. The van der Waals surface area contributed by atoms with Crippen LogP contribution in [0, 0.1) is 0 Å². The summed E-state index contributed by atoms with van der Waals surface area (Å²) >= 11 is 1.27. The van der Waals surface area contributed by atoms with Gasteiger partial charge in [-0.05, 0) is 13.3 Å². The summed E-state index contributed by atoms with van der Waals surface area (Å²) in [6.45, 7) is 3.98. The highest BCUT2D eigenvalue weighted by Crippen LogP contribution is 2.22. The zero-order chi connectivity index (χ0) is 12.5. The third-order valence-electron chi connectivity index (χ3n) is 2.79. The number of carbonyl (C=O) groups excluding carboxylic acids is 1. The number of nitrogens with zero attached hydrogens (tertiary/aromatic N) is 2. The molecule has 1 aromatic rings. The minimum atomic E-state index is -0.604. The molecule has 94 valence electrons. The van der Waals surface area contributed by atoms with Crippen molar-refractivity contribution in [1.82, 2.24) is 15.3 Å². The Labute approximate surface area is 103 Å². The van der Waals surface area contributed by atoms with Gasteiger partial charge in [-0.15, -0.1) is 11.3 Å². The van der Waals surface area contributed by atoms with Crippen molar-refractivity contribution in [2.45, 2.75) is 25.5 Å². The number of hydrogen-bond donors (Lipinski definition) is 3. The zero-order valence-corrected chi connectivity index (χ0v) is 10.5. The molecular weight excluding hydrogens is 240 g/mol. The summed E-state index contributed by atoms with van der Waals surface area (Å²) < 4.78 is 0. The summed E-state index contributed by atoms with van der Waals surface area (Å²) in [7, 11) is 0. The van der Waals surface area contributed by atoms with E-state index in [4.69, 9.17) is 5.84 Å². The summed E-state index contributed by atoms with van der Waals surface area (Å²) in [5.74, 6) is 4.67. The lowest BCUT2D eigenvalue weighted by Crippen LogP contribution is -2.30. The van der Waals surface area contributed by atoms with Gasteiger partial charge in [-0.2, -0.15) is 0 Å². The minimum absolute atomic E-state index is 0.366. The smallest absolute Gasteiger partial charge is 0.294 e. The van der Waals surface area contributed by atoms with Crippen molar-refractivity contribution in [3.63, 3.8) is 0 Å². The van der Waals surface area contributed by atoms with Gasteiger partial charge in [0.05, 0.1) is 11.3 Å². The molecule has 0 aromatic carbocycles. The maximum atomic E-state index is 11.2. The van der Waals surface area contributed by atoms with Crippen LogP contribution >= 0.6 is 11.3 Å². The van der Waals surface area contributed by atoms with Crippen molar-refractivity contribution in [3.05, 3.63) is 16.1 Å². The van der Waals surface area contributed by atoms with Gasteiger partial charge in [0.1, 0.15) is 0 Å². The third-order valence-corrected chi connectivity index (χ3v) is 3.68. The second-order valence-electron chi connectivity index (χ2n) is 4.58. The van der Waals surface area contributed by atoms with Gasteiger partial charge in [0.25, 0.3) is 5.91 Å². The van der Waals surface area contributed by atoms with E-state index in [9.17, 15) is 9.90 Å². The van der Waals surface area contributed by atoms with Crippen LogP contribution in [-0.2, 0) is 6.54 Å². The molecule has 1 aliphatic heterocycles. The van der Waals surface area contributed by atoms with E-state index < -0.39 is 5.60 Å². The molecule has 2 heterocycles. The van der Waals surface area contributed by atoms with Crippen LogP contribution in [-0.4, -0.2) is 39.6 Å². The number of likely N-dealkylation sites (tertiary alicyclic amines) is 1. The summed E-state index contributed by atoms with van der Waals surface area (Å²) in [4.78, 5) is 17.5. The summed E-state index contributed by atoms with van der Waals surface area (Å²) in [5, 5.41) is 12.0. The van der Waals surface area contributed by atoms with Crippen LogP contribution in [0.4, 0.5) is 0 Å². The van der Waals surface area contributed by atoms with E-state index in [-0.39, 0.29) is 5.91 Å². The topological polar surface area (TPSA) is 91.5 Å². The fourth-order valence-corrected chi connectivity index (χ4v) is 2.66. The molecule has 1 aromatic heterocycles. The number of carbonyl (C=O) groups is 1. The Bertz CT molecular complexity index is 418. The van der Waals surface area contributed by atoms with Crippen LogP contribution in [0.15, 0.2) is 5.38 Å². The van der Waals surface area contributed by atoms with Gasteiger partial charge in [-0.25, -0.2) is 10.8 Å². The minimum Gasteiger partial charge on any atom is -0.389 e. The van der Waals surface area contributed by atoms with Crippen molar-refractivity contribution in [1.29, 1.82) is 0 Å². The van der Waals surface area contributed by atoms with Gasteiger partial charge < -0.3 is 5.11 Å². The van der Waals surface area contributed by atoms with Crippen LogP contribution in [0.25, 0.3) is 0 Å². The Morgan fingerprint density at radius 1 is 1.82 bits per heavy atom. The van der Waals surface area contributed by atoms with Crippen molar-refractivity contribution >= 4 is 17.2 Å². The second-order valence-corrected chi connectivity index (χ2v) is 5.43. The van der Waals surface area contributed by atoms with Gasteiger partial charge in [0.2, 0.25) is 0 Å². The van der Waals surface area contributed by atoms with E-state index in [2.05, 4.69) is 15.3 Å². The van der Waals surface area contributed by atoms with Crippen molar-refractivity contribution in [2.24, 2.45) is 5.84 Å². The van der Waals surface area contributed by atoms with Crippen molar-refractivity contribution in [2.75, 3.05) is 13.1 Å². The van der Waals surface area contributed by atoms with Crippen molar-refractivity contribution in [3.8, 4) is 0 Å². The van der Waals surface area contributed by atoms with Crippen LogP contribution in [0.3, 0.4) is 0 Å². The standard InChI is InChI=1S/C10H16N4O2S/c1-10(16)2-3-14(6-10)4-7-5-17-9(12-7)8(15)13-11/h5,16H,2-4,6,11H2,1H3,(H,13,15). The zero-order valence-electron chi connectivity index (χ0n) is 9.64. The largest absolute Gasteiger partial charge is 0.389 e. The predicted molar refractivity (Wildman–Crippen MR) is 64.3 cm³/mol. The molecule has 0 saturated carbocycles.